The summed E-state index contributed by atoms with van der Waals surface area (Å²) in [6.07, 6.45) is 6.53. The van der Waals surface area contributed by atoms with E-state index >= 15 is 0 Å². The topological polar surface area (TPSA) is 90.8 Å². The average molecular weight is 425 g/mol. The summed E-state index contributed by atoms with van der Waals surface area (Å²) in [5.74, 6) is 2.30. The lowest BCUT2D eigenvalue weighted by Crippen LogP contribution is -2.29. The number of hydrogen-bond donors (Lipinski definition) is 0. The molecule has 0 fully saturated rings. The molecule has 0 radical (unpaired) electrons. The van der Waals surface area contributed by atoms with Gasteiger partial charge in [0, 0.05) is 12.6 Å². The van der Waals surface area contributed by atoms with Gasteiger partial charge in [-0.2, -0.15) is 0 Å². The average Bonchev–Trinajstić information content (AvgIpc) is 3.48. The number of carbonyl (C=O) groups is 1. The van der Waals surface area contributed by atoms with Crippen molar-refractivity contribution in [1.29, 1.82) is 0 Å². The highest BCUT2D eigenvalue weighted by atomic mass is 16.5. The number of ether oxygens (including phenoxy) is 2. The van der Waals surface area contributed by atoms with Crippen LogP contribution in [0.5, 0.6) is 11.5 Å². The highest BCUT2D eigenvalue weighted by Crippen LogP contribution is 2.28. The van der Waals surface area contributed by atoms with E-state index in [-0.39, 0.29) is 18.3 Å². The normalized spacial score (nSPS) is 11.1. The van der Waals surface area contributed by atoms with E-state index in [0.717, 1.165) is 18.4 Å². The minimum absolute atomic E-state index is 0.148. The van der Waals surface area contributed by atoms with Gasteiger partial charge in [0.05, 0.1) is 26.5 Å². The number of aromatic nitrogens is 2. The summed E-state index contributed by atoms with van der Waals surface area (Å²) in [6, 6.07) is 9.05. The summed E-state index contributed by atoms with van der Waals surface area (Å²) >= 11 is 0. The molecule has 8 nitrogen and oxygen atoms in total. The molecule has 31 heavy (non-hydrogen) atoms. The predicted molar refractivity (Wildman–Crippen MR) is 116 cm³/mol. The molecule has 0 aliphatic heterocycles. The molecule has 1 aromatic carbocycles. The smallest absolute Gasteiger partial charge is 0.283 e. The van der Waals surface area contributed by atoms with Crippen LogP contribution in [-0.2, 0) is 11.3 Å². The zero-order valence-corrected chi connectivity index (χ0v) is 18.0. The summed E-state index contributed by atoms with van der Waals surface area (Å²) < 4.78 is 22.0. The maximum Gasteiger partial charge on any atom is 0.283 e. The molecule has 1 amide bonds. The summed E-state index contributed by atoms with van der Waals surface area (Å²) in [6.45, 7) is 5.45. The van der Waals surface area contributed by atoms with Crippen molar-refractivity contribution >= 4 is 12.0 Å². The maximum atomic E-state index is 12.8. The van der Waals surface area contributed by atoms with Gasteiger partial charge in [-0.05, 0) is 48.7 Å². The van der Waals surface area contributed by atoms with Crippen LogP contribution in [0.15, 0.2) is 51.5 Å². The first-order valence-electron chi connectivity index (χ1n) is 10.3. The Labute approximate surface area is 181 Å². The summed E-state index contributed by atoms with van der Waals surface area (Å²) in [5, 5.41) is 8.01. The van der Waals surface area contributed by atoms with Crippen LogP contribution in [0.3, 0.4) is 0 Å². The van der Waals surface area contributed by atoms with Gasteiger partial charge in [0.2, 0.25) is 11.8 Å². The fourth-order valence-corrected chi connectivity index (χ4v) is 2.91. The van der Waals surface area contributed by atoms with E-state index in [2.05, 4.69) is 10.2 Å². The quantitative estimate of drug-likeness (QED) is 0.415. The molecule has 0 aliphatic carbocycles. The Morgan fingerprint density at radius 3 is 2.74 bits per heavy atom. The maximum absolute atomic E-state index is 12.8. The van der Waals surface area contributed by atoms with Crippen LogP contribution < -0.4 is 9.47 Å². The number of rotatable bonds is 11. The molecule has 0 atom stereocenters. The highest BCUT2D eigenvalue weighted by Gasteiger charge is 2.17. The first-order valence-corrected chi connectivity index (χ1v) is 10.3. The molecule has 0 saturated carbocycles. The molecule has 8 heteroatoms. The Bertz CT molecular complexity index is 995. The van der Waals surface area contributed by atoms with Gasteiger partial charge in [-0.25, -0.2) is 0 Å². The van der Waals surface area contributed by atoms with Crippen molar-refractivity contribution in [3.63, 3.8) is 0 Å². The molecule has 3 aromatic rings. The van der Waals surface area contributed by atoms with Crippen molar-refractivity contribution < 1.29 is 23.1 Å². The molecule has 0 bridgehead atoms. The second kappa shape index (κ2) is 11.0. The minimum Gasteiger partial charge on any atom is -0.493 e. The Hall–Kier alpha value is -3.55. The van der Waals surface area contributed by atoms with E-state index in [1.54, 1.807) is 30.2 Å². The summed E-state index contributed by atoms with van der Waals surface area (Å²) in [5.41, 5.74) is 0.836. The van der Waals surface area contributed by atoms with Crippen molar-refractivity contribution in [2.24, 2.45) is 0 Å². The third-order valence-corrected chi connectivity index (χ3v) is 4.40. The number of hydrogen-bond acceptors (Lipinski definition) is 7. The Kier molecular flexibility index (Phi) is 7.86. The van der Waals surface area contributed by atoms with E-state index in [0.29, 0.717) is 36.3 Å². The van der Waals surface area contributed by atoms with Crippen molar-refractivity contribution in [3.8, 4) is 23.1 Å². The van der Waals surface area contributed by atoms with Crippen molar-refractivity contribution in [2.45, 2.75) is 33.2 Å². The van der Waals surface area contributed by atoms with E-state index in [1.807, 2.05) is 32.0 Å². The van der Waals surface area contributed by atoms with Gasteiger partial charge < -0.3 is 23.2 Å². The fourth-order valence-electron chi connectivity index (χ4n) is 2.91. The van der Waals surface area contributed by atoms with Crippen molar-refractivity contribution in [2.75, 3.05) is 20.3 Å². The van der Waals surface area contributed by atoms with Gasteiger partial charge in [0.15, 0.2) is 17.3 Å². The second-order valence-corrected chi connectivity index (χ2v) is 6.83. The van der Waals surface area contributed by atoms with Gasteiger partial charge in [-0.15, -0.1) is 10.2 Å². The Balaban J connectivity index is 1.68. The Morgan fingerprint density at radius 1 is 1.16 bits per heavy atom. The summed E-state index contributed by atoms with van der Waals surface area (Å²) in [4.78, 5) is 14.4. The summed E-state index contributed by atoms with van der Waals surface area (Å²) in [7, 11) is 1.59. The van der Waals surface area contributed by atoms with Crippen molar-refractivity contribution in [3.05, 3.63) is 54.1 Å². The van der Waals surface area contributed by atoms with Crippen LogP contribution in [0.2, 0.25) is 0 Å². The molecule has 0 unspecified atom stereocenters. The number of furan rings is 1. The van der Waals surface area contributed by atoms with Crippen LogP contribution >= 0.6 is 0 Å². The molecule has 164 valence electrons. The molecule has 0 N–H and O–H groups in total. The molecule has 2 aromatic heterocycles. The lowest BCUT2D eigenvalue weighted by atomic mass is 10.2. The van der Waals surface area contributed by atoms with Crippen LogP contribution in [0, 0.1) is 0 Å². The zero-order valence-electron chi connectivity index (χ0n) is 18.0. The molecule has 0 saturated heterocycles. The number of benzene rings is 1. The third-order valence-electron chi connectivity index (χ3n) is 4.40. The van der Waals surface area contributed by atoms with E-state index in [1.165, 1.54) is 12.3 Å². The largest absolute Gasteiger partial charge is 0.493 e. The van der Waals surface area contributed by atoms with Gasteiger partial charge >= 0.3 is 0 Å². The number of amides is 1. The third kappa shape index (κ3) is 5.97. The number of carbonyl (C=O) groups excluding carboxylic acids is 1. The molecular weight excluding hydrogens is 398 g/mol. The highest BCUT2D eigenvalue weighted by molar-refractivity contribution is 5.91. The minimum atomic E-state index is -0.148. The predicted octanol–water partition coefficient (Wildman–Crippen LogP) is 4.58. The van der Waals surface area contributed by atoms with Gasteiger partial charge in [-0.1, -0.05) is 19.9 Å². The fraction of sp³-hybridized carbons (Fsp3) is 0.348. The molecule has 0 aliphatic rings. The van der Waals surface area contributed by atoms with Crippen LogP contribution in [0.25, 0.3) is 17.7 Å². The SMILES string of the molecule is CCCOc1ccc(/C=C/C(=O)N(CCC)Cc2nnc(-c3ccco3)o2)cc1OC. The molecule has 0 spiro atoms. The Morgan fingerprint density at radius 2 is 2.03 bits per heavy atom. The monoisotopic (exact) mass is 425 g/mol. The molecule has 2 heterocycles. The van der Waals surface area contributed by atoms with Crippen LogP contribution in [0.4, 0.5) is 0 Å². The first kappa shape index (κ1) is 22.1. The van der Waals surface area contributed by atoms with Gasteiger partial charge in [0.1, 0.15) is 0 Å². The number of nitrogens with zero attached hydrogens (tertiary/aromatic N) is 3. The van der Waals surface area contributed by atoms with Crippen LogP contribution in [0.1, 0.15) is 38.1 Å². The first-order chi connectivity index (χ1) is 15.1. The standard InChI is InChI=1S/C23H27N3O5/c1-4-12-26(16-21-24-25-23(31-21)19-7-6-14-30-19)22(27)11-9-17-8-10-18(29-13-5-2)20(15-17)28-3/h6-11,14-15H,4-5,12-13,16H2,1-3H3/b11-9+. The lowest BCUT2D eigenvalue weighted by Gasteiger charge is -2.18. The van der Waals surface area contributed by atoms with Gasteiger partial charge in [0.25, 0.3) is 5.89 Å². The van der Waals surface area contributed by atoms with Gasteiger partial charge in [-0.3, -0.25) is 4.79 Å². The zero-order chi connectivity index (χ0) is 22.1. The molecular formula is C23H27N3O5. The second-order valence-electron chi connectivity index (χ2n) is 6.83. The number of methoxy groups -OCH3 is 1. The van der Waals surface area contributed by atoms with E-state index in [9.17, 15) is 4.79 Å². The van der Waals surface area contributed by atoms with Crippen LogP contribution in [-0.4, -0.2) is 41.3 Å². The van der Waals surface area contributed by atoms with E-state index in [4.69, 9.17) is 18.3 Å². The van der Waals surface area contributed by atoms with Crippen molar-refractivity contribution in [1.82, 2.24) is 15.1 Å². The molecule has 3 rings (SSSR count). The lowest BCUT2D eigenvalue weighted by molar-refractivity contribution is -0.126. The van der Waals surface area contributed by atoms with E-state index < -0.39 is 0 Å².